The predicted molar refractivity (Wildman–Crippen MR) is 72.4 cm³/mol. The number of methoxy groups -OCH3 is 1. The van der Waals surface area contributed by atoms with E-state index in [9.17, 15) is 5.11 Å². The molecule has 1 aromatic rings. The molecule has 1 atom stereocenters. The lowest BCUT2D eigenvalue weighted by atomic mass is 10.1. The van der Waals surface area contributed by atoms with Crippen molar-refractivity contribution >= 4 is 11.6 Å². The van der Waals surface area contributed by atoms with E-state index < -0.39 is 0 Å². The van der Waals surface area contributed by atoms with Crippen LogP contribution in [0.2, 0.25) is 5.02 Å². The van der Waals surface area contributed by atoms with Crippen LogP contribution in [0.5, 0.6) is 11.5 Å². The lowest BCUT2D eigenvalue weighted by Gasteiger charge is -2.15. The number of likely N-dealkylation sites (tertiary alicyclic amines) is 1. The Morgan fingerprint density at radius 3 is 2.94 bits per heavy atom. The van der Waals surface area contributed by atoms with Gasteiger partial charge in [-0.3, -0.25) is 0 Å². The van der Waals surface area contributed by atoms with Crippen molar-refractivity contribution < 1.29 is 9.84 Å². The Balaban J connectivity index is 2.02. The highest BCUT2D eigenvalue weighted by Crippen LogP contribution is 2.33. The molecule has 1 heterocycles. The summed E-state index contributed by atoms with van der Waals surface area (Å²) in [6.07, 6.45) is 1.13. The summed E-state index contributed by atoms with van der Waals surface area (Å²) in [4.78, 5) is 2.29. The Hall–Kier alpha value is -0.970. The van der Waals surface area contributed by atoms with Crippen molar-refractivity contribution in [1.82, 2.24) is 10.2 Å². The van der Waals surface area contributed by atoms with Gasteiger partial charge in [0.15, 0.2) is 11.5 Å². The van der Waals surface area contributed by atoms with Crippen LogP contribution in [-0.2, 0) is 6.54 Å². The molecular weight excluding hydrogens is 252 g/mol. The third-order valence-electron chi connectivity index (χ3n) is 3.31. The fraction of sp³-hybridized carbons (Fsp3) is 0.538. The van der Waals surface area contributed by atoms with Crippen molar-refractivity contribution in [3.05, 3.63) is 22.7 Å². The average molecular weight is 271 g/mol. The van der Waals surface area contributed by atoms with Crippen LogP contribution < -0.4 is 10.1 Å². The molecule has 100 valence electrons. The van der Waals surface area contributed by atoms with Gasteiger partial charge in [-0.05, 0) is 26.1 Å². The van der Waals surface area contributed by atoms with Gasteiger partial charge in [0, 0.05) is 35.8 Å². The third-order valence-corrected chi connectivity index (χ3v) is 3.53. The molecule has 1 aliphatic rings. The number of nitrogens with one attached hydrogen (secondary N) is 1. The largest absolute Gasteiger partial charge is 0.504 e. The molecule has 1 aromatic carbocycles. The Morgan fingerprint density at radius 2 is 2.33 bits per heavy atom. The quantitative estimate of drug-likeness (QED) is 0.877. The molecule has 2 N–H and O–H groups in total. The molecule has 2 rings (SSSR count). The summed E-state index contributed by atoms with van der Waals surface area (Å²) in [6.45, 7) is 2.75. The third kappa shape index (κ3) is 3.07. The van der Waals surface area contributed by atoms with Gasteiger partial charge >= 0.3 is 0 Å². The van der Waals surface area contributed by atoms with E-state index in [1.54, 1.807) is 12.1 Å². The number of hydrogen-bond acceptors (Lipinski definition) is 4. The fourth-order valence-electron chi connectivity index (χ4n) is 2.27. The van der Waals surface area contributed by atoms with Crippen LogP contribution >= 0.6 is 11.6 Å². The highest BCUT2D eigenvalue weighted by atomic mass is 35.5. The number of rotatable bonds is 4. The second-order valence-electron chi connectivity index (χ2n) is 4.74. The first-order chi connectivity index (χ1) is 8.60. The van der Waals surface area contributed by atoms with Gasteiger partial charge < -0.3 is 20.1 Å². The van der Waals surface area contributed by atoms with E-state index in [1.165, 1.54) is 7.11 Å². The summed E-state index contributed by atoms with van der Waals surface area (Å²) in [5.74, 6) is 0.587. The highest BCUT2D eigenvalue weighted by Gasteiger charge is 2.19. The zero-order valence-electron chi connectivity index (χ0n) is 10.7. The van der Waals surface area contributed by atoms with Crippen molar-refractivity contribution in [3.63, 3.8) is 0 Å². The number of ether oxygens (including phenoxy) is 1. The molecule has 1 aliphatic heterocycles. The molecule has 0 bridgehead atoms. The molecule has 0 amide bonds. The first-order valence-electron chi connectivity index (χ1n) is 6.07. The van der Waals surface area contributed by atoms with Gasteiger partial charge in [0.1, 0.15) is 0 Å². The molecule has 0 saturated carbocycles. The first-order valence-corrected chi connectivity index (χ1v) is 6.45. The molecule has 0 radical (unpaired) electrons. The zero-order valence-corrected chi connectivity index (χ0v) is 11.5. The smallest absolute Gasteiger partial charge is 0.162 e. The summed E-state index contributed by atoms with van der Waals surface area (Å²) in [5.41, 5.74) is 0.772. The lowest BCUT2D eigenvalue weighted by Crippen LogP contribution is -2.30. The Labute approximate surface area is 113 Å². The SMILES string of the molecule is COc1cc(Cl)cc(CNC2CCN(C)C2)c1O. The summed E-state index contributed by atoms with van der Waals surface area (Å²) in [5, 5.41) is 14.0. The van der Waals surface area contributed by atoms with E-state index in [2.05, 4.69) is 17.3 Å². The standard InChI is InChI=1S/C13H19ClN2O2/c1-16-4-3-11(8-16)15-7-9-5-10(14)6-12(18-2)13(9)17/h5-6,11,15,17H,3-4,7-8H2,1-2H3. The fourth-order valence-corrected chi connectivity index (χ4v) is 2.51. The van der Waals surface area contributed by atoms with Crippen LogP contribution in [0.4, 0.5) is 0 Å². The maximum atomic E-state index is 10.0. The molecule has 18 heavy (non-hydrogen) atoms. The van der Waals surface area contributed by atoms with Crippen molar-refractivity contribution in [2.45, 2.75) is 19.0 Å². The van der Waals surface area contributed by atoms with Crippen molar-refractivity contribution in [1.29, 1.82) is 0 Å². The molecule has 0 aromatic heterocycles. The summed E-state index contributed by atoms with van der Waals surface area (Å²) >= 11 is 5.99. The zero-order chi connectivity index (χ0) is 13.1. The minimum Gasteiger partial charge on any atom is -0.504 e. The van der Waals surface area contributed by atoms with Crippen LogP contribution in [0, 0.1) is 0 Å². The number of phenols is 1. The Kier molecular flexibility index (Phi) is 4.32. The second-order valence-corrected chi connectivity index (χ2v) is 5.18. The second kappa shape index (κ2) is 5.78. The monoisotopic (exact) mass is 270 g/mol. The molecule has 0 aliphatic carbocycles. The molecule has 1 unspecified atom stereocenters. The van der Waals surface area contributed by atoms with Gasteiger partial charge in [-0.1, -0.05) is 11.6 Å². The maximum absolute atomic E-state index is 10.0. The molecule has 4 nitrogen and oxygen atoms in total. The average Bonchev–Trinajstić information content (AvgIpc) is 2.75. The maximum Gasteiger partial charge on any atom is 0.162 e. The van der Waals surface area contributed by atoms with E-state index in [0.29, 0.717) is 23.4 Å². The van der Waals surface area contributed by atoms with Crippen molar-refractivity contribution in [2.75, 3.05) is 27.2 Å². The number of likely N-dealkylation sites (N-methyl/N-ethyl adjacent to an activating group) is 1. The van der Waals surface area contributed by atoms with Crippen molar-refractivity contribution in [2.24, 2.45) is 0 Å². The van der Waals surface area contributed by atoms with Crippen LogP contribution in [0.15, 0.2) is 12.1 Å². The molecule has 1 saturated heterocycles. The summed E-state index contributed by atoms with van der Waals surface area (Å²) < 4.78 is 5.08. The Bertz CT molecular complexity index is 426. The first kappa shape index (κ1) is 13.5. The normalized spacial score (nSPS) is 20.3. The highest BCUT2D eigenvalue weighted by molar-refractivity contribution is 6.30. The van der Waals surface area contributed by atoms with Gasteiger partial charge in [0.2, 0.25) is 0 Å². The van der Waals surface area contributed by atoms with E-state index in [-0.39, 0.29) is 5.75 Å². The van der Waals surface area contributed by atoms with Gasteiger partial charge in [-0.2, -0.15) is 0 Å². The molecule has 0 spiro atoms. The number of benzene rings is 1. The van der Waals surface area contributed by atoms with Crippen molar-refractivity contribution in [3.8, 4) is 11.5 Å². The number of hydrogen-bond donors (Lipinski definition) is 2. The number of nitrogens with zero attached hydrogens (tertiary/aromatic N) is 1. The van der Waals surface area contributed by atoms with Gasteiger partial charge in [-0.25, -0.2) is 0 Å². The van der Waals surface area contributed by atoms with E-state index >= 15 is 0 Å². The van der Waals surface area contributed by atoms with Gasteiger partial charge in [0.05, 0.1) is 7.11 Å². The minimum atomic E-state index is 0.167. The van der Waals surface area contributed by atoms with Crippen LogP contribution in [-0.4, -0.2) is 43.3 Å². The van der Waals surface area contributed by atoms with E-state index in [4.69, 9.17) is 16.3 Å². The molecule has 1 fully saturated rings. The van der Waals surface area contributed by atoms with Crippen LogP contribution in [0.1, 0.15) is 12.0 Å². The van der Waals surface area contributed by atoms with E-state index in [0.717, 1.165) is 25.1 Å². The van der Waals surface area contributed by atoms with Gasteiger partial charge in [-0.15, -0.1) is 0 Å². The van der Waals surface area contributed by atoms with Crippen LogP contribution in [0.3, 0.4) is 0 Å². The summed E-state index contributed by atoms with van der Waals surface area (Å²) in [7, 11) is 3.64. The topological polar surface area (TPSA) is 44.7 Å². The molecular formula is C13H19ClN2O2. The van der Waals surface area contributed by atoms with E-state index in [1.807, 2.05) is 0 Å². The number of aromatic hydroxyl groups is 1. The molecule has 5 heteroatoms. The lowest BCUT2D eigenvalue weighted by molar-refractivity contribution is 0.367. The Morgan fingerprint density at radius 1 is 1.56 bits per heavy atom. The van der Waals surface area contributed by atoms with Gasteiger partial charge in [0.25, 0.3) is 0 Å². The van der Waals surface area contributed by atoms with Crippen LogP contribution in [0.25, 0.3) is 0 Å². The summed E-state index contributed by atoms with van der Waals surface area (Å²) in [6, 6.07) is 3.86. The number of phenolic OH excluding ortho intramolecular Hbond substituents is 1. The minimum absolute atomic E-state index is 0.167. The number of halogens is 1. The predicted octanol–water partition coefficient (Wildman–Crippen LogP) is 1.85.